The van der Waals surface area contributed by atoms with Crippen LogP contribution in [0.2, 0.25) is 0 Å². The van der Waals surface area contributed by atoms with Crippen LogP contribution in [-0.4, -0.2) is 46.2 Å². The van der Waals surface area contributed by atoms with Crippen molar-refractivity contribution in [3.63, 3.8) is 0 Å². The lowest BCUT2D eigenvalue weighted by Crippen LogP contribution is -2.54. The zero-order valence-electron chi connectivity index (χ0n) is 13.1. The molecule has 5 rings (SSSR count). The van der Waals surface area contributed by atoms with E-state index in [1.54, 1.807) is 0 Å². The Labute approximate surface area is 135 Å². The maximum atomic E-state index is 12.4. The summed E-state index contributed by atoms with van der Waals surface area (Å²) in [5, 5.41) is 0. The van der Waals surface area contributed by atoms with E-state index in [2.05, 4.69) is 22.8 Å². The van der Waals surface area contributed by atoms with Gasteiger partial charge in [0.15, 0.2) is 0 Å². The van der Waals surface area contributed by atoms with Gasteiger partial charge in [0.25, 0.3) is 5.91 Å². The minimum atomic E-state index is -0.196. The molecular weight excluding hydrogens is 290 g/mol. The number of likely N-dealkylation sites (tertiary alicyclic amines) is 1. The largest absolute Gasteiger partial charge is 0.368 e. The zero-order chi connectivity index (χ0) is 15.4. The van der Waals surface area contributed by atoms with Crippen LogP contribution in [0, 0.1) is 0 Å². The molecule has 5 heteroatoms. The summed E-state index contributed by atoms with van der Waals surface area (Å²) in [4.78, 5) is 19.2. The molecule has 1 saturated carbocycles. The van der Waals surface area contributed by atoms with Gasteiger partial charge in [-0.2, -0.15) is 0 Å². The molecule has 3 aliphatic rings. The van der Waals surface area contributed by atoms with E-state index in [-0.39, 0.29) is 12.0 Å². The van der Waals surface area contributed by atoms with Gasteiger partial charge in [-0.05, 0) is 37.8 Å². The molecule has 1 amide bonds. The molecule has 0 bridgehead atoms. The summed E-state index contributed by atoms with van der Waals surface area (Å²) >= 11 is 0. The molecule has 3 heterocycles. The second-order valence-corrected chi connectivity index (χ2v) is 7.00. The first-order valence-corrected chi connectivity index (χ1v) is 8.68. The molecule has 120 valence electrons. The Hall–Kier alpha value is -1.88. The number of amides is 1. The molecule has 0 N–H and O–H groups in total. The van der Waals surface area contributed by atoms with Crippen LogP contribution < -0.4 is 0 Å². The van der Waals surface area contributed by atoms with Crippen molar-refractivity contribution in [3.05, 3.63) is 30.1 Å². The fraction of sp³-hybridized carbons (Fsp3) is 0.556. The lowest BCUT2D eigenvalue weighted by molar-refractivity contribution is -0.146. The molecule has 5 nitrogen and oxygen atoms in total. The third kappa shape index (κ3) is 2.17. The molecule has 3 fully saturated rings. The van der Waals surface area contributed by atoms with Crippen molar-refractivity contribution in [2.75, 3.05) is 19.7 Å². The number of fused-ring (bicyclic) bond motifs is 1. The third-order valence-electron chi connectivity index (χ3n) is 5.31. The molecule has 2 aliphatic heterocycles. The van der Waals surface area contributed by atoms with E-state index >= 15 is 0 Å². The van der Waals surface area contributed by atoms with Gasteiger partial charge in [0.05, 0.1) is 17.1 Å². The van der Waals surface area contributed by atoms with Crippen molar-refractivity contribution in [2.45, 2.75) is 43.7 Å². The monoisotopic (exact) mass is 311 g/mol. The predicted molar refractivity (Wildman–Crippen MR) is 86.3 cm³/mol. The number of carbonyl (C=O) groups excluding carboxylic acids is 1. The standard InChI is InChI=1S/C18H21N3O2/c22-18(16-6-3-9-23-16)20-10-13(11-20)21-15-5-2-1-4-14(15)19-17(21)12-7-8-12/h1-2,4-5,12-13,16H,3,6-11H2. The summed E-state index contributed by atoms with van der Waals surface area (Å²) in [6.45, 7) is 2.31. The smallest absolute Gasteiger partial charge is 0.251 e. The number of para-hydroxylation sites is 2. The van der Waals surface area contributed by atoms with Crippen LogP contribution in [0.15, 0.2) is 24.3 Å². The van der Waals surface area contributed by atoms with Gasteiger partial charge in [0, 0.05) is 25.6 Å². The van der Waals surface area contributed by atoms with E-state index in [4.69, 9.17) is 9.72 Å². The Morgan fingerprint density at radius 3 is 2.74 bits per heavy atom. The van der Waals surface area contributed by atoms with E-state index in [0.717, 1.165) is 38.1 Å². The second kappa shape index (κ2) is 5.06. The van der Waals surface area contributed by atoms with Gasteiger partial charge >= 0.3 is 0 Å². The number of imidazole rings is 1. The lowest BCUT2D eigenvalue weighted by atomic mass is 10.1. The average molecular weight is 311 g/mol. The number of benzene rings is 1. The Balaban J connectivity index is 1.40. The van der Waals surface area contributed by atoms with Crippen molar-refractivity contribution in [3.8, 4) is 0 Å². The van der Waals surface area contributed by atoms with Crippen molar-refractivity contribution >= 4 is 16.9 Å². The summed E-state index contributed by atoms with van der Waals surface area (Å²) < 4.78 is 7.92. The summed E-state index contributed by atoms with van der Waals surface area (Å²) in [5.41, 5.74) is 2.29. The molecule has 0 spiro atoms. The molecular formula is C18H21N3O2. The average Bonchev–Trinajstić information content (AvgIpc) is 3.09. The highest BCUT2D eigenvalue weighted by Gasteiger charge is 2.40. The molecule has 1 aromatic carbocycles. The van der Waals surface area contributed by atoms with Crippen LogP contribution in [0.25, 0.3) is 11.0 Å². The van der Waals surface area contributed by atoms with E-state index < -0.39 is 0 Å². The summed E-state index contributed by atoms with van der Waals surface area (Å²) in [5.74, 6) is 2.02. The number of hydrogen-bond acceptors (Lipinski definition) is 3. The molecule has 1 aliphatic carbocycles. The molecule has 1 unspecified atom stereocenters. The zero-order valence-corrected chi connectivity index (χ0v) is 13.1. The van der Waals surface area contributed by atoms with E-state index in [1.807, 2.05) is 11.0 Å². The fourth-order valence-corrected chi connectivity index (χ4v) is 3.85. The number of ether oxygens (including phenoxy) is 1. The molecule has 1 atom stereocenters. The minimum absolute atomic E-state index is 0.177. The molecule has 1 aromatic heterocycles. The van der Waals surface area contributed by atoms with Gasteiger partial charge in [-0.25, -0.2) is 4.98 Å². The maximum absolute atomic E-state index is 12.4. The van der Waals surface area contributed by atoms with Crippen molar-refractivity contribution < 1.29 is 9.53 Å². The first-order valence-electron chi connectivity index (χ1n) is 8.68. The SMILES string of the molecule is O=C(C1CCCO1)N1CC(n2c(C3CC3)nc3ccccc32)C1. The highest BCUT2D eigenvalue weighted by molar-refractivity contribution is 5.82. The lowest BCUT2D eigenvalue weighted by Gasteiger charge is -2.41. The maximum Gasteiger partial charge on any atom is 0.251 e. The van der Waals surface area contributed by atoms with Crippen molar-refractivity contribution in [1.29, 1.82) is 0 Å². The molecule has 2 saturated heterocycles. The van der Waals surface area contributed by atoms with Gasteiger partial charge in [-0.15, -0.1) is 0 Å². The van der Waals surface area contributed by atoms with Crippen LogP contribution in [0.3, 0.4) is 0 Å². The normalized spacial score (nSPS) is 25.0. The molecule has 0 radical (unpaired) electrons. The molecule has 2 aromatic rings. The van der Waals surface area contributed by atoms with Crippen LogP contribution in [-0.2, 0) is 9.53 Å². The van der Waals surface area contributed by atoms with E-state index in [1.165, 1.54) is 24.2 Å². The number of aromatic nitrogens is 2. The quantitative estimate of drug-likeness (QED) is 0.875. The Morgan fingerprint density at radius 1 is 1.17 bits per heavy atom. The fourth-order valence-electron chi connectivity index (χ4n) is 3.85. The number of nitrogens with zero attached hydrogens (tertiary/aromatic N) is 3. The topological polar surface area (TPSA) is 47.4 Å². The van der Waals surface area contributed by atoms with Gasteiger partial charge in [-0.1, -0.05) is 12.1 Å². The Kier molecular flexibility index (Phi) is 2.98. The van der Waals surface area contributed by atoms with Crippen molar-refractivity contribution in [1.82, 2.24) is 14.5 Å². The third-order valence-corrected chi connectivity index (χ3v) is 5.31. The van der Waals surface area contributed by atoms with Crippen LogP contribution in [0.1, 0.15) is 43.5 Å². The first-order chi connectivity index (χ1) is 11.3. The van der Waals surface area contributed by atoms with Crippen molar-refractivity contribution in [2.24, 2.45) is 0 Å². The summed E-state index contributed by atoms with van der Waals surface area (Å²) in [6, 6.07) is 8.73. The van der Waals surface area contributed by atoms with Gasteiger partial charge in [0.1, 0.15) is 11.9 Å². The second-order valence-electron chi connectivity index (χ2n) is 7.00. The highest BCUT2D eigenvalue weighted by Crippen LogP contribution is 2.43. The van der Waals surface area contributed by atoms with Gasteiger partial charge < -0.3 is 14.2 Å². The van der Waals surface area contributed by atoms with Gasteiger partial charge in [-0.3, -0.25) is 4.79 Å². The van der Waals surface area contributed by atoms with E-state index in [0.29, 0.717) is 12.0 Å². The Bertz CT molecular complexity index is 753. The van der Waals surface area contributed by atoms with Gasteiger partial charge in [0.2, 0.25) is 0 Å². The summed E-state index contributed by atoms with van der Waals surface area (Å²) in [6.07, 6.45) is 4.18. The first kappa shape index (κ1) is 13.5. The Morgan fingerprint density at radius 2 is 2.00 bits per heavy atom. The number of rotatable bonds is 3. The minimum Gasteiger partial charge on any atom is -0.368 e. The number of carbonyl (C=O) groups is 1. The highest BCUT2D eigenvalue weighted by atomic mass is 16.5. The van der Waals surface area contributed by atoms with E-state index in [9.17, 15) is 4.79 Å². The number of hydrogen-bond donors (Lipinski definition) is 0. The van der Waals surface area contributed by atoms with Crippen LogP contribution in [0.4, 0.5) is 0 Å². The molecule has 23 heavy (non-hydrogen) atoms. The van der Waals surface area contributed by atoms with Crippen LogP contribution >= 0.6 is 0 Å². The summed E-state index contributed by atoms with van der Waals surface area (Å²) in [7, 11) is 0. The predicted octanol–water partition coefficient (Wildman–Crippen LogP) is 2.48. The van der Waals surface area contributed by atoms with Crippen LogP contribution in [0.5, 0.6) is 0 Å².